The van der Waals surface area contributed by atoms with E-state index in [4.69, 9.17) is 4.74 Å². The lowest BCUT2D eigenvalue weighted by atomic mass is 9.98. The Balaban J connectivity index is 1.20. The summed E-state index contributed by atoms with van der Waals surface area (Å²) in [5, 5.41) is 21.2. The number of β-amino-alcohol motifs (C(OH)–C–C–N with tert-alkyl or cyclic N) is 1. The summed E-state index contributed by atoms with van der Waals surface area (Å²) >= 11 is 0. The number of aromatic nitrogens is 4. The molecule has 3 N–H and O–H groups in total. The van der Waals surface area contributed by atoms with Crippen molar-refractivity contribution >= 4 is 45.6 Å². The van der Waals surface area contributed by atoms with Crippen LogP contribution in [0.15, 0.2) is 48.8 Å². The molecule has 0 radical (unpaired) electrons. The highest BCUT2D eigenvalue weighted by Gasteiger charge is 2.59. The van der Waals surface area contributed by atoms with Gasteiger partial charge in [-0.05, 0) is 54.8 Å². The van der Waals surface area contributed by atoms with Crippen molar-refractivity contribution in [1.29, 1.82) is 0 Å². The van der Waals surface area contributed by atoms with E-state index in [2.05, 4.69) is 25.5 Å². The molecule has 1 saturated heterocycles. The number of nitrogens with zero attached hydrogens (tertiary/aromatic N) is 5. The van der Waals surface area contributed by atoms with Crippen molar-refractivity contribution in [3.8, 4) is 5.75 Å². The van der Waals surface area contributed by atoms with Crippen LogP contribution in [-0.4, -0.2) is 57.5 Å². The number of methoxy groups -OCH3 is 1. The first kappa shape index (κ1) is 20.2. The van der Waals surface area contributed by atoms with E-state index in [0.717, 1.165) is 52.3 Å². The average Bonchev–Trinajstić information content (AvgIpc) is 3.52. The van der Waals surface area contributed by atoms with Gasteiger partial charge in [0.15, 0.2) is 5.82 Å². The molecule has 0 atom stereocenters. The summed E-state index contributed by atoms with van der Waals surface area (Å²) in [6.07, 6.45) is 2.91. The van der Waals surface area contributed by atoms with Crippen LogP contribution in [0.1, 0.15) is 18.4 Å². The van der Waals surface area contributed by atoms with Crippen LogP contribution >= 0.6 is 0 Å². The third-order valence-corrected chi connectivity index (χ3v) is 7.21. The molecule has 0 bridgehead atoms. The molecule has 3 aliphatic rings. The van der Waals surface area contributed by atoms with E-state index in [9.17, 15) is 9.90 Å². The number of nitrogens with one attached hydrogen (secondary N) is 2. The normalized spacial score (nSPS) is 18.2. The smallest absolute Gasteiger partial charge is 0.242 e. The van der Waals surface area contributed by atoms with Gasteiger partial charge in [0, 0.05) is 24.5 Å². The van der Waals surface area contributed by atoms with Crippen LogP contribution in [0.4, 0.5) is 28.8 Å². The third kappa shape index (κ3) is 2.99. The van der Waals surface area contributed by atoms with Gasteiger partial charge in [-0.1, -0.05) is 0 Å². The molecule has 1 aliphatic carbocycles. The van der Waals surface area contributed by atoms with Crippen LogP contribution in [0.3, 0.4) is 0 Å². The minimum atomic E-state index is -0.420. The summed E-state index contributed by atoms with van der Waals surface area (Å²) in [5.74, 6) is 2.88. The van der Waals surface area contributed by atoms with Gasteiger partial charge in [0.25, 0.3) is 0 Å². The highest BCUT2D eigenvalue weighted by molar-refractivity contribution is 6.15. The fourth-order valence-corrected chi connectivity index (χ4v) is 5.12. The second-order valence-electron chi connectivity index (χ2n) is 9.35. The number of benzene rings is 2. The molecule has 2 aromatic heterocycles. The highest BCUT2D eigenvalue weighted by atomic mass is 16.5. The van der Waals surface area contributed by atoms with Gasteiger partial charge in [0.2, 0.25) is 5.91 Å². The van der Waals surface area contributed by atoms with Crippen molar-refractivity contribution < 1.29 is 14.6 Å². The number of carbonyl (C=O) groups excluding carboxylic acids is 1. The van der Waals surface area contributed by atoms with E-state index in [0.29, 0.717) is 24.7 Å². The lowest BCUT2D eigenvalue weighted by Gasteiger charge is -2.36. The molecule has 1 saturated carbocycles. The van der Waals surface area contributed by atoms with Crippen molar-refractivity contribution in [2.45, 2.75) is 24.4 Å². The Hall–Kier alpha value is -4.18. The number of hydrogen-bond donors (Lipinski definition) is 3. The Morgan fingerprint density at radius 1 is 1.14 bits per heavy atom. The standard InChI is InChI=1S/C25H23N7O3/c1-35-16-3-5-20-18(9-16)25(6-7-25)24(34)32(20)14-2-4-17-19(8-14)29-30-23(17)28-21-10-22(27-13-26-21)31-11-15(33)12-31/h2-5,8-10,13,15,33H,6-7,11-12H2,1H3,(H2,26,27,28,29,30). The largest absolute Gasteiger partial charge is 0.497 e. The SMILES string of the molecule is COc1ccc2c(c1)C1(CC1)C(=O)N2c1ccc2c(Nc3cc(N4CC(O)C4)ncn3)n[nH]c2c1. The highest BCUT2D eigenvalue weighted by Crippen LogP contribution is 2.59. The van der Waals surface area contributed by atoms with Crippen molar-refractivity contribution in [3.63, 3.8) is 0 Å². The predicted molar refractivity (Wildman–Crippen MR) is 131 cm³/mol. The van der Waals surface area contributed by atoms with Crippen LogP contribution in [0, 0.1) is 0 Å². The number of aromatic amines is 1. The van der Waals surface area contributed by atoms with Gasteiger partial charge in [0.05, 0.1) is 35.5 Å². The Kier molecular flexibility index (Phi) is 4.13. The molecule has 35 heavy (non-hydrogen) atoms. The number of fused-ring (bicyclic) bond motifs is 3. The maximum atomic E-state index is 13.5. The van der Waals surface area contributed by atoms with Gasteiger partial charge in [-0.2, -0.15) is 5.10 Å². The lowest BCUT2D eigenvalue weighted by Crippen LogP contribution is -2.51. The van der Waals surface area contributed by atoms with E-state index < -0.39 is 5.41 Å². The van der Waals surface area contributed by atoms with Crippen LogP contribution in [0.25, 0.3) is 10.9 Å². The summed E-state index contributed by atoms with van der Waals surface area (Å²) in [6.45, 7) is 1.13. The van der Waals surface area contributed by atoms with Gasteiger partial charge in [-0.15, -0.1) is 0 Å². The number of anilines is 5. The van der Waals surface area contributed by atoms with Crippen LogP contribution in [-0.2, 0) is 10.2 Å². The van der Waals surface area contributed by atoms with Gasteiger partial charge >= 0.3 is 0 Å². The molecule has 1 amide bonds. The zero-order valence-corrected chi connectivity index (χ0v) is 19.0. The van der Waals surface area contributed by atoms with E-state index in [1.165, 1.54) is 6.33 Å². The molecular weight excluding hydrogens is 446 g/mol. The molecule has 10 nitrogen and oxygen atoms in total. The molecule has 10 heteroatoms. The summed E-state index contributed by atoms with van der Waals surface area (Å²) in [5.41, 5.74) is 3.15. The number of amides is 1. The molecule has 7 rings (SSSR count). The Labute approximate surface area is 200 Å². The quantitative estimate of drug-likeness (QED) is 0.408. The van der Waals surface area contributed by atoms with Crippen molar-refractivity contribution in [2.24, 2.45) is 0 Å². The molecule has 4 aromatic rings. The number of hydrogen-bond acceptors (Lipinski definition) is 8. The zero-order valence-electron chi connectivity index (χ0n) is 19.0. The molecule has 4 heterocycles. The first-order valence-electron chi connectivity index (χ1n) is 11.6. The number of H-pyrrole nitrogens is 1. The molecular formula is C25H23N7O3. The topological polar surface area (TPSA) is 120 Å². The van der Waals surface area contributed by atoms with Gasteiger partial charge in [0.1, 0.15) is 23.7 Å². The lowest BCUT2D eigenvalue weighted by molar-refractivity contribution is -0.119. The molecule has 2 aliphatic heterocycles. The monoisotopic (exact) mass is 469 g/mol. The summed E-state index contributed by atoms with van der Waals surface area (Å²) in [4.78, 5) is 25.9. The first-order valence-corrected chi connectivity index (χ1v) is 11.6. The van der Waals surface area contributed by atoms with Crippen molar-refractivity contribution in [2.75, 3.05) is 35.3 Å². The van der Waals surface area contributed by atoms with Crippen LogP contribution < -0.4 is 19.9 Å². The maximum Gasteiger partial charge on any atom is 0.242 e. The number of ether oxygens (including phenoxy) is 1. The Bertz CT molecular complexity index is 1490. The second kappa shape index (κ2) is 7.16. The van der Waals surface area contributed by atoms with E-state index >= 15 is 0 Å². The fraction of sp³-hybridized carbons (Fsp3) is 0.280. The summed E-state index contributed by atoms with van der Waals surface area (Å²) < 4.78 is 5.41. The molecule has 1 spiro atoms. The first-order chi connectivity index (χ1) is 17.1. The van der Waals surface area contributed by atoms with Crippen LogP contribution in [0.5, 0.6) is 5.75 Å². The van der Waals surface area contributed by atoms with E-state index in [1.807, 2.05) is 52.3 Å². The summed E-state index contributed by atoms with van der Waals surface area (Å²) in [6, 6.07) is 13.6. The maximum absolute atomic E-state index is 13.5. The minimum Gasteiger partial charge on any atom is -0.497 e. The van der Waals surface area contributed by atoms with Crippen molar-refractivity contribution in [1.82, 2.24) is 20.2 Å². The fourth-order valence-electron chi connectivity index (χ4n) is 5.12. The van der Waals surface area contributed by atoms with E-state index in [-0.39, 0.29) is 12.0 Å². The minimum absolute atomic E-state index is 0.114. The van der Waals surface area contributed by atoms with Crippen LogP contribution in [0.2, 0.25) is 0 Å². The molecule has 176 valence electrons. The second-order valence-corrected chi connectivity index (χ2v) is 9.35. The number of aliphatic hydroxyl groups excluding tert-OH is 1. The van der Waals surface area contributed by atoms with Gasteiger partial charge in [-0.25, -0.2) is 9.97 Å². The number of rotatable bonds is 5. The third-order valence-electron chi connectivity index (χ3n) is 7.21. The number of aliphatic hydroxyl groups is 1. The Morgan fingerprint density at radius 2 is 2.00 bits per heavy atom. The number of carbonyl (C=O) groups is 1. The zero-order chi connectivity index (χ0) is 23.7. The Morgan fingerprint density at radius 3 is 2.77 bits per heavy atom. The molecule has 2 fully saturated rings. The van der Waals surface area contributed by atoms with Crippen molar-refractivity contribution in [3.05, 3.63) is 54.4 Å². The van der Waals surface area contributed by atoms with Gasteiger partial charge < -0.3 is 20.1 Å². The van der Waals surface area contributed by atoms with Gasteiger partial charge in [-0.3, -0.25) is 14.8 Å². The molecule has 2 aromatic carbocycles. The summed E-state index contributed by atoms with van der Waals surface area (Å²) in [7, 11) is 1.64. The average molecular weight is 470 g/mol. The molecule has 0 unspecified atom stereocenters. The predicted octanol–water partition coefficient (Wildman–Crippen LogP) is 3.00. The van der Waals surface area contributed by atoms with E-state index in [1.54, 1.807) is 7.11 Å².